The molecule has 0 radical (unpaired) electrons. The third-order valence-corrected chi connectivity index (χ3v) is 2.96. The molecule has 6 nitrogen and oxygen atoms in total. The number of hydrogen-bond acceptors (Lipinski definition) is 4. The molecule has 1 amide bonds. The number of carbonyl (C=O) groups is 2. The Balaban J connectivity index is 2.26. The first-order valence-electron chi connectivity index (χ1n) is 5.86. The number of aromatic nitrogens is 1. The van der Waals surface area contributed by atoms with Crippen molar-refractivity contribution in [2.45, 2.75) is 0 Å². The number of benzene rings is 1. The smallest absolute Gasteiger partial charge is 0.338 e. The number of anilines is 1. The average molecular weight is 307 g/mol. The van der Waals surface area contributed by atoms with Gasteiger partial charge in [0.1, 0.15) is 11.4 Å². The number of carbonyl (C=O) groups excluding carboxylic acids is 1. The molecular formula is C14H11ClN2O4. The molecule has 2 N–H and O–H groups in total. The highest BCUT2D eigenvalue weighted by atomic mass is 35.5. The van der Waals surface area contributed by atoms with E-state index in [4.69, 9.17) is 21.4 Å². The Labute approximate surface area is 125 Å². The first-order chi connectivity index (χ1) is 10.0. The summed E-state index contributed by atoms with van der Waals surface area (Å²) in [4.78, 5) is 27.0. The van der Waals surface area contributed by atoms with Crippen LogP contribution in [-0.2, 0) is 0 Å². The zero-order valence-electron chi connectivity index (χ0n) is 11.0. The van der Waals surface area contributed by atoms with Gasteiger partial charge >= 0.3 is 5.97 Å². The Morgan fingerprint density at radius 1 is 1.33 bits per heavy atom. The molecule has 0 fully saturated rings. The molecular weight excluding hydrogens is 296 g/mol. The van der Waals surface area contributed by atoms with Crippen LogP contribution in [0.1, 0.15) is 20.8 Å². The number of hydrogen-bond donors (Lipinski definition) is 2. The fourth-order valence-electron chi connectivity index (χ4n) is 1.69. The van der Waals surface area contributed by atoms with E-state index in [1.54, 1.807) is 12.1 Å². The quantitative estimate of drug-likeness (QED) is 0.906. The summed E-state index contributed by atoms with van der Waals surface area (Å²) in [6, 6.07) is 7.44. The Kier molecular flexibility index (Phi) is 4.39. The van der Waals surface area contributed by atoms with Crippen LogP contribution in [0.15, 0.2) is 36.5 Å². The minimum Gasteiger partial charge on any atom is -0.495 e. The van der Waals surface area contributed by atoms with Gasteiger partial charge in [-0.25, -0.2) is 4.79 Å². The van der Waals surface area contributed by atoms with Gasteiger partial charge < -0.3 is 15.2 Å². The second kappa shape index (κ2) is 6.23. The number of nitrogens with one attached hydrogen (secondary N) is 1. The molecule has 0 aliphatic carbocycles. The van der Waals surface area contributed by atoms with Crippen LogP contribution in [-0.4, -0.2) is 29.1 Å². The predicted octanol–water partition coefficient (Wildman–Crippen LogP) is 2.69. The molecule has 108 valence electrons. The highest BCUT2D eigenvalue weighted by Gasteiger charge is 2.17. The molecule has 21 heavy (non-hydrogen) atoms. The number of pyridine rings is 1. The summed E-state index contributed by atoms with van der Waals surface area (Å²) in [6.45, 7) is 0. The predicted molar refractivity (Wildman–Crippen MR) is 77.2 cm³/mol. The van der Waals surface area contributed by atoms with Gasteiger partial charge in [0.2, 0.25) is 0 Å². The summed E-state index contributed by atoms with van der Waals surface area (Å²) in [7, 11) is 1.48. The van der Waals surface area contributed by atoms with Crippen LogP contribution in [0.3, 0.4) is 0 Å². The first kappa shape index (κ1) is 14.8. The van der Waals surface area contributed by atoms with Crippen molar-refractivity contribution < 1.29 is 19.4 Å². The molecule has 0 aliphatic rings. The molecule has 0 atom stereocenters. The second-order valence-corrected chi connectivity index (χ2v) is 4.42. The van der Waals surface area contributed by atoms with E-state index >= 15 is 0 Å². The third kappa shape index (κ3) is 3.29. The zero-order chi connectivity index (χ0) is 15.4. The number of aromatic carboxylic acids is 1. The van der Waals surface area contributed by atoms with Crippen molar-refractivity contribution >= 4 is 29.2 Å². The number of carboxylic acids is 1. The van der Waals surface area contributed by atoms with Crippen LogP contribution in [0.5, 0.6) is 5.75 Å². The fourth-order valence-corrected chi connectivity index (χ4v) is 1.95. The van der Waals surface area contributed by atoms with Gasteiger partial charge in [-0.2, -0.15) is 0 Å². The molecule has 2 rings (SSSR count). The molecule has 0 spiro atoms. The summed E-state index contributed by atoms with van der Waals surface area (Å²) in [5.74, 6) is -1.38. The Morgan fingerprint density at radius 2 is 2.10 bits per heavy atom. The largest absolute Gasteiger partial charge is 0.495 e. The summed E-state index contributed by atoms with van der Waals surface area (Å²) in [6.07, 6.45) is 1.35. The number of carboxylic acid groups (broad SMARTS) is 1. The first-order valence-corrected chi connectivity index (χ1v) is 6.24. The van der Waals surface area contributed by atoms with E-state index in [9.17, 15) is 9.59 Å². The fraction of sp³-hybridized carbons (Fsp3) is 0.0714. The maximum absolute atomic E-state index is 12.1. The Bertz CT molecular complexity index is 703. The van der Waals surface area contributed by atoms with E-state index < -0.39 is 11.9 Å². The molecule has 1 heterocycles. The van der Waals surface area contributed by atoms with E-state index in [2.05, 4.69) is 10.3 Å². The van der Waals surface area contributed by atoms with Crippen molar-refractivity contribution in [1.29, 1.82) is 0 Å². The van der Waals surface area contributed by atoms with Gasteiger partial charge in [0.25, 0.3) is 5.91 Å². The topological polar surface area (TPSA) is 88.5 Å². The monoisotopic (exact) mass is 306 g/mol. The standard InChI is InChI=1S/C14H11ClN2O4/c1-21-11-5-4-8(7-10(11)15)17-13(18)12-9(14(19)20)3-2-6-16-12/h2-7H,1H3,(H,17,18)(H,19,20). The summed E-state index contributed by atoms with van der Waals surface area (Å²) in [5.41, 5.74) is 0.0688. The Morgan fingerprint density at radius 3 is 2.71 bits per heavy atom. The van der Waals surface area contributed by atoms with Crippen molar-refractivity contribution in [1.82, 2.24) is 4.98 Å². The normalized spacial score (nSPS) is 10.0. The molecule has 0 saturated carbocycles. The van der Waals surface area contributed by atoms with Gasteiger partial charge in [0.05, 0.1) is 17.7 Å². The number of nitrogens with zero attached hydrogens (tertiary/aromatic N) is 1. The van der Waals surface area contributed by atoms with Crippen LogP contribution >= 0.6 is 11.6 Å². The van der Waals surface area contributed by atoms with Crippen LogP contribution in [0.25, 0.3) is 0 Å². The van der Waals surface area contributed by atoms with E-state index in [-0.39, 0.29) is 11.3 Å². The summed E-state index contributed by atoms with van der Waals surface area (Å²) in [5, 5.41) is 11.9. The molecule has 7 heteroatoms. The number of ether oxygens (including phenoxy) is 1. The maximum atomic E-state index is 12.1. The maximum Gasteiger partial charge on any atom is 0.338 e. The number of methoxy groups -OCH3 is 1. The molecule has 1 aromatic carbocycles. The van der Waals surface area contributed by atoms with Crippen LogP contribution in [0.4, 0.5) is 5.69 Å². The van der Waals surface area contributed by atoms with Crippen molar-refractivity contribution in [3.8, 4) is 5.75 Å². The third-order valence-electron chi connectivity index (χ3n) is 2.66. The van der Waals surface area contributed by atoms with E-state index in [0.717, 1.165) is 0 Å². The van der Waals surface area contributed by atoms with Gasteiger partial charge in [0.15, 0.2) is 0 Å². The van der Waals surface area contributed by atoms with Gasteiger partial charge in [0, 0.05) is 11.9 Å². The molecule has 0 bridgehead atoms. The molecule has 0 aliphatic heterocycles. The molecule has 2 aromatic rings. The summed E-state index contributed by atoms with van der Waals surface area (Å²) >= 11 is 5.95. The van der Waals surface area contributed by atoms with Crippen LogP contribution < -0.4 is 10.1 Å². The highest BCUT2D eigenvalue weighted by molar-refractivity contribution is 6.32. The molecule has 0 unspecified atom stereocenters. The van der Waals surface area contributed by atoms with E-state index in [1.165, 1.54) is 31.5 Å². The molecule has 0 saturated heterocycles. The highest BCUT2D eigenvalue weighted by Crippen LogP contribution is 2.27. The van der Waals surface area contributed by atoms with Crippen molar-refractivity contribution in [2.75, 3.05) is 12.4 Å². The lowest BCUT2D eigenvalue weighted by Gasteiger charge is -2.08. The van der Waals surface area contributed by atoms with Crippen molar-refractivity contribution in [2.24, 2.45) is 0 Å². The van der Waals surface area contributed by atoms with Gasteiger partial charge in [-0.15, -0.1) is 0 Å². The van der Waals surface area contributed by atoms with Gasteiger partial charge in [-0.3, -0.25) is 9.78 Å². The van der Waals surface area contributed by atoms with E-state index in [0.29, 0.717) is 16.5 Å². The second-order valence-electron chi connectivity index (χ2n) is 4.01. The SMILES string of the molecule is COc1ccc(NC(=O)c2ncccc2C(=O)O)cc1Cl. The van der Waals surface area contributed by atoms with Crippen molar-refractivity contribution in [3.63, 3.8) is 0 Å². The Hall–Kier alpha value is -2.60. The number of halogens is 1. The lowest BCUT2D eigenvalue weighted by molar-refractivity contribution is 0.0691. The van der Waals surface area contributed by atoms with Gasteiger partial charge in [-0.05, 0) is 30.3 Å². The van der Waals surface area contributed by atoms with Gasteiger partial charge in [-0.1, -0.05) is 11.6 Å². The minimum absolute atomic E-state index is 0.169. The van der Waals surface area contributed by atoms with Crippen LogP contribution in [0.2, 0.25) is 5.02 Å². The lowest BCUT2D eigenvalue weighted by atomic mass is 10.2. The van der Waals surface area contributed by atoms with E-state index in [1.807, 2.05) is 0 Å². The number of amides is 1. The molecule has 1 aromatic heterocycles. The summed E-state index contributed by atoms with van der Waals surface area (Å²) < 4.78 is 5.01. The average Bonchev–Trinajstić information content (AvgIpc) is 2.47. The number of rotatable bonds is 4. The zero-order valence-corrected chi connectivity index (χ0v) is 11.7. The van der Waals surface area contributed by atoms with Crippen LogP contribution in [0, 0.1) is 0 Å². The lowest BCUT2D eigenvalue weighted by Crippen LogP contribution is -2.18. The minimum atomic E-state index is -1.22. The van der Waals surface area contributed by atoms with Crippen molar-refractivity contribution in [3.05, 3.63) is 52.8 Å².